The van der Waals surface area contributed by atoms with Crippen molar-refractivity contribution in [2.75, 3.05) is 30.1 Å². The smallest absolute Gasteiger partial charge is 0.404 e. The fourth-order valence-electron chi connectivity index (χ4n) is 5.77. The minimum Gasteiger partial charge on any atom is -0.404 e. The number of phosphoric ester groups is 2. The molecule has 64 heavy (non-hydrogen) atoms. The van der Waals surface area contributed by atoms with Crippen LogP contribution >= 0.6 is 39.2 Å². The maximum atomic E-state index is 14.2. The Hall–Kier alpha value is -4.26. The van der Waals surface area contributed by atoms with Crippen molar-refractivity contribution >= 4 is 86.4 Å². The summed E-state index contributed by atoms with van der Waals surface area (Å²) in [6, 6.07) is -5.08. The van der Waals surface area contributed by atoms with Gasteiger partial charge in [0.25, 0.3) is 0 Å². The molecule has 24 nitrogen and oxygen atoms in total. The number of thioether (sulfide) groups is 2. The van der Waals surface area contributed by atoms with Crippen molar-refractivity contribution in [3.63, 3.8) is 0 Å². The predicted molar refractivity (Wildman–Crippen MR) is 234 cm³/mol. The Labute approximate surface area is 378 Å². The zero-order valence-electron chi connectivity index (χ0n) is 35.9. The van der Waals surface area contributed by atoms with Crippen LogP contribution in [-0.2, 0) is 58.4 Å². The first-order valence-corrected chi connectivity index (χ1v) is 25.4. The zero-order valence-corrected chi connectivity index (χ0v) is 39.4. The molecule has 8 atom stereocenters. The highest BCUT2D eigenvalue weighted by Gasteiger charge is 2.37. The SMILES string of the molecule is CC[C@H](C)[C@@H]1NC(=O)[C@H](COP(=O)(O)O)NC(=O)[C@H](CCSC)NC(=O)CSC[C@@H](C(N)=O)NC(=O)[C@H](C)NC(=O)[C@H](C(C)C)NC(=O)[C@H](Cc2ccc(OP(=O)(O)O)cc2)NC1=O. The zero-order chi connectivity index (χ0) is 48.5. The number of hydrogen-bond acceptors (Lipinski definition) is 14. The van der Waals surface area contributed by atoms with E-state index in [0.717, 1.165) is 11.8 Å². The summed E-state index contributed by atoms with van der Waals surface area (Å²) in [5, 5.41) is 17.4. The molecule has 1 aliphatic rings. The van der Waals surface area contributed by atoms with E-state index in [2.05, 4.69) is 46.3 Å². The molecule has 1 aromatic rings. The molecule has 1 fully saturated rings. The Morgan fingerprint density at radius 2 is 1.34 bits per heavy atom. The second-order valence-electron chi connectivity index (χ2n) is 15.1. The number of primary amides is 1. The summed E-state index contributed by atoms with van der Waals surface area (Å²) < 4.78 is 32.3. The molecule has 1 saturated heterocycles. The lowest BCUT2D eigenvalue weighted by Crippen LogP contribution is -2.62. The Bertz CT molecular complexity index is 1920. The van der Waals surface area contributed by atoms with Crippen LogP contribution in [0.25, 0.3) is 0 Å². The number of nitrogens with one attached hydrogen (secondary N) is 7. The molecule has 0 bridgehead atoms. The van der Waals surface area contributed by atoms with Crippen LogP contribution in [0.3, 0.4) is 0 Å². The minimum atomic E-state index is -5.25. The van der Waals surface area contributed by atoms with Crippen LogP contribution < -0.4 is 47.5 Å². The van der Waals surface area contributed by atoms with Crippen LogP contribution in [0.2, 0.25) is 0 Å². The molecule has 0 unspecified atom stereocenters. The minimum absolute atomic E-state index is 0.0130. The molecule has 0 aromatic heterocycles. The van der Waals surface area contributed by atoms with Crippen LogP contribution in [0.5, 0.6) is 5.75 Å². The summed E-state index contributed by atoms with van der Waals surface area (Å²) in [6.45, 7) is 6.62. The van der Waals surface area contributed by atoms with E-state index >= 15 is 0 Å². The van der Waals surface area contributed by atoms with E-state index < -0.39 is 124 Å². The normalized spacial score (nSPS) is 25.0. The van der Waals surface area contributed by atoms with Gasteiger partial charge in [0.05, 0.1) is 12.4 Å². The highest BCUT2D eigenvalue weighted by Crippen LogP contribution is 2.37. The Morgan fingerprint density at radius 3 is 1.89 bits per heavy atom. The van der Waals surface area contributed by atoms with Crippen molar-refractivity contribution < 1.29 is 76.1 Å². The molecule has 28 heteroatoms. The summed E-state index contributed by atoms with van der Waals surface area (Å²) in [4.78, 5) is 145. The Kier molecular flexibility index (Phi) is 22.7. The van der Waals surface area contributed by atoms with Crippen molar-refractivity contribution in [2.45, 2.75) is 96.2 Å². The van der Waals surface area contributed by atoms with Gasteiger partial charge in [-0.15, -0.1) is 11.8 Å². The lowest BCUT2D eigenvalue weighted by atomic mass is 9.96. The first-order chi connectivity index (χ1) is 29.7. The molecule has 2 rings (SSSR count). The number of carbonyl (C=O) groups is 8. The number of nitrogens with two attached hydrogens (primary N) is 1. The Balaban J connectivity index is 2.71. The number of carbonyl (C=O) groups excluding carboxylic acids is 8. The van der Waals surface area contributed by atoms with Crippen LogP contribution in [0, 0.1) is 11.8 Å². The van der Waals surface area contributed by atoms with E-state index in [1.807, 2.05) is 0 Å². The number of rotatable bonds is 14. The van der Waals surface area contributed by atoms with Crippen LogP contribution in [0.1, 0.15) is 53.0 Å². The van der Waals surface area contributed by atoms with E-state index in [1.54, 1.807) is 34.0 Å². The lowest BCUT2D eigenvalue weighted by Gasteiger charge is -2.30. The highest BCUT2D eigenvalue weighted by atomic mass is 32.2. The topological polar surface area (TPSA) is 380 Å². The second kappa shape index (κ2) is 26.0. The van der Waals surface area contributed by atoms with Gasteiger partial charge in [-0.3, -0.25) is 52.7 Å². The summed E-state index contributed by atoms with van der Waals surface area (Å²) in [5.41, 5.74) is 5.83. The second-order valence-corrected chi connectivity index (χ2v) is 19.5. The summed E-state index contributed by atoms with van der Waals surface area (Å²) in [5.74, 6) is -9.15. The van der Waals surface area contributed by atoms with Crippen molar-refractivity contribution in [1.82, 2.24) is 37.2 Å². The maximum Gasteiger partial charge on any atom is 0.524 e. The first kappa shape index (κ1) is 55.9. The third-order valence-corrected chi connectivity index (χ3v) is 12.1. The number of benzene rings is 1. The molecule has 0 radical (unpaired) electrons. The van der Waals surface area contributed by atoms with Gasteiger partial charge in [0, 0.05) is 12.2 Å². The van der Waals surface area contributed by atoms with Crippen LogP contribution in [0.15, 0.2) is 24.3 Å². The molecule has 0 saturated carbocycles. The lowest BCUT2D eigenvalue weighted by molar-refractivity contribution is -0.136. The molecule has 360 valence electrons. The van der Waals surface area contributed by atoms with Crippen LogP contribution in [0.4, 0.5) is 0 Å². The number of hydrogen-bond donors (Lipinski definition) is 12. The predicted octanol–water partition coefficient (Wildman–Crippen LogP) is -2.09. The molecule has 8 amide bonds. The van der Waals surface area contributed by atoms with Gasteiger partial charge in [-0.25, -0.2) is 9.13 Å². The largest absolute Gasteiger partial charge is 0.524 e. The molecule has 1 heterocycles. The molecular weight excluding hydrogens is 927 g/mol. The third kappa shape index (κ3) is 19.9. The van der Waals surface area contributed by atoms with E-state index in [1.165, 1.54) is 43.0 Å². The van der Waals surface area contributed by atoms with Gasteiger partial charge in [-0.2, -0.15) is 11.8 Å². The van der Waals surface area contributed by atoms with E-state index in [0.29, 0.717) is 11.3 Å². The van der Waals surface area contributed by atoms with Gasteiger partial charge in [-0.1, -0.05) is 46.2 Å². The van der Waals surface area contributed by atoms with E-state index in [9.17, 15) is 67.1 Å². The monoisotopic (exact) mass is 984 g/mol. The van der Waals surface area contributed by atoms with E-state index in [-0.39, 0.29) is 36.5 Å². The van der Waals surface area contributed by atoms with Crippen molar-refractivity contribution in [3.8, 4) is 5.75 Å². The van der Waals surface area contributed by atoms with Gasteiger partial charge in [0.2, 0.25) is 47.3 Å². The Morgan fingerprint density at radius 1 is 0.781 bits per heavy atom. The number of phosphoric acid groups is 2. The average molecular weight is 985 g/mol. The molecule has 1 aliphatic heterocycles. The first-order valence-electron chi connectivity index (χ1n) is 19.8. The maximum absolute atomic E-state index is 14.2. The van der Waals surface area contributed by atoms with Crippen LogP contribution in [-0.4, -0.2) is 139 Å². The molecule has 13 N–H and O–H groups in total. The van der Waals surface area contributed by atoms with Crippen molar-refractivity contribution in [1.29, 1.82) is 0 Å². The fourth-order valence-corrected chi connectivity index (χ4v) is 7.85. The van der Waals surface area contributed by atoms with Crippen molar-refractivity contribution in [3.05, 3.63) is 29.8 Å². The molecule has 0 aliphatic carbocycles. The van der Waals surface area contributed by atoms with Gasteiger partial charge in [-0.05, 0) is 54.9 Å². The van der Waals surface area contributed by atoms with Crippen molar-refractivity contribution in [2.24, 2.45) is 17.6 Å². The molecule has 1 aromatic carbocycles. The summed E-state index contributed by atoms with van der Waals surface area (Å²) in [7, 11) is -10.2. The average Bonchev–Trinajstić information content (AvgIpc) is 3.19. The third-order valence-electron chi connectivity index (χ3n) is 9.49. The van der Waals surface area contributed by atoms with Gasteiger partial charge in [0.15, 0.2) is 0 Å². The highest BCUT2D eigenvalue weighted by molar-refractivity contribution is 8.00. The quantitative estimate of drug-likeness (QED) is 0.0889. The fraction of sp³-hybridized carbons (Fsp3) is 0.611. The summed E-state index contributed by atoms with van der Waals surface area (Å²) >= 11 is 2.18. The van der Waals surface area contributed by atoms with E-state index in [4.69, 9.17) is 5.73 Å². The van der Waals surface area contributed by atoms with Gasteiger partial charge >= 0.3 is 15.6 Å². The standard InChI is InChI=1S/C36H58N8O16P2S2/c1-7-19(4)29-36(52)40-24(14-21-8-10-22(11-9-21)60-62(56,57)58)33(49)43-28(18(2)3)35(51)38-20(5)31(47)42-26(30(37)46)16-64-17-27(45)39-23(12-13-63-6)32(48)41-25(34(50)44-29)15-59-61(53,54)55/h8-11,18-20,23-26,28-29H,7,12-17H2,1-6H3,(H2,37,46)(H,38,51)(H,39,45)(H,40,52)(H,41,48)(H,42,47)(H,43,49)(H,44,50)(H2,53,54,55)(H2,56,57,58)/t19-,20-,23-,24-,25-,26-,28-,29-/m0/s1. The summed E-state index contributed by atoms with van der Waals surface area (Å²) in [6.07, 6.45) is 1.67. The van der Waals surface area contributed by atoms with Gasteiger partial charge in [0.1, 0.15) is 48.0 Å². The molecule has 0 spiro atoms. The molecular formula is C36H58N8O16P2S2. The number of amides is 8. The van der Waals surface area contributed by atoms with Gasteiger partial charge < -0.3 is 57.3 Å².